The third-order valence-corrected chi connectivity index (χ3v) is 4.54. The summed E-state index contributed by atoms with van der Waals surface area (Å²) < 4.78 is 13.1. The fraction of sp³-hybridized carbons (Fsp3) is 0.200. The van der Waals surface area contributed by atoms with Gasteiger partial charge in [0.2, 0.25) is 0 Å². The van der Waals surface area contributed by atoms with Gasteiger partial charge >= 0.3 is 0 Å². The van der Waals surface area contributed by atoms with Crippen LogP contribution in [0, 0.1) is 0 Å². The highest BCUT2D eigenvalue weighted by Gasteiger charge is 2.07. The van der Waals surface area contributed by atoms with Crippen LogP contribution in [0.5, 0.6) is 11.5 Å². The maximum absolute atomic E-state index is 5.86. The van der Waals surface area contributed by atoms with Gasteiger partial charge < -0.3 is 9.47 Å². The molecular formula is C15H13Br3O2. The summed E-state index contributed by atoms with van der Waals surface area (Å²) in [5, 5.41) is 0.825. The van der Waals surface area contributed by atoms with Gasteiger partial charge in [-0.15, -0.1) is 0 Å². The second-order valence-corrected chi connectivity index (χ2v) is 6.47. The van der Waals surface area contributed by atoms with E-state index in [1.54, 1.807) is 7.11 Å². The lowest BCUT2D eigenvalue weighted by atomic mass is 10.2. The van der Waals surface area contributed by atoms with E-state index < -0.39 is 0 Å². The molecule has 0 fully saturated rings. The van der Waals surface area contributed by atoms with Crippen LogP contribution in [0.2, 0.25) is 0 Å². The molecule has 20 heavy (non-hydrogen) atoms. The number of methoxy groups -OCH3 is 1. The zero-order chi connectivity index (χ0) is 14.5. The van der Waals surface area contributed by atoms with Gasteiger partial charge in [-0.05, 0) is 51.8 Å². The molecule has 2 nitrogen and oxygen atoms in total. The fourth-order valence-electron chi connectivity index (χ4n) is 1.76. The summed E-state index contributed by atoms with van der Waals surface area (Å²) in [7, 11) is 1.66. The van der Waals surface area contributed by atoms with E-state index >= 15 is 0 Å². The summed E-state index contributed by atoms with van der Waals surface area (Å²) in [5.41, 5.74) is 2.20. The van der Waals surface area contributed by atoms with Crippen LogP contribution in [0.4, 0.5) is 0 Å². The molecule has 0 saturated carbocycles. The number of hydrogen-bond donors (Lipinski definition) is 0. The van der Waals surface area contributed by atoms with E-state index in [2.05, 4.69) is 47.8 Å². The normalized spacial score (nSPS) is 10.4. The lowest BCUT2D eigenvalue weighted by molar-refractivity contribution is 0.295. The lowest BCUT2D eigenvalue weighted by Crippen LogP contribution is -1.99. The molecule has 0 heterocycles. The van der Waals surface area contributed by atoms with Crippen molar-refractivity contribution in [1.82, 2.24) is 0 Å². The molecule has 0 amide bonds. The van der Waals surface area contributed by atoms with Crippen LogP contribution in [0.15, 0.2) is 45.3 Å². The number of benzene rings is 2. The van der Waals surface area contributed by atoms with Crippen molar-refractivity contribution in [2.75, 3.05) is 7.11 Å². The Morgan fingerprint density at radius 1 is 1.00 bits per heavy atom. The molecule has 0 aliphatic heterocycles. The van der Waals surface area contributed by atoms with Crippen molar-refractivity contribution in [3.63, 3.8) is 0 Å². The van der Waals surface area contributed by atoms with Gasteiger partial charge in [-0.3, -0.25) is 0 Å². The number of alkyl halides is 1. The Morgan fingerprint density at radius 2 is 1.75 bits per heavy atom. The van der Waals surface area contributed by atoms with Crippen molar-refractivity contribution in [2.24, 2.45) is 0 Å². The molecule has 2 aromatic rings. The Morgan fingerprint density at radius 3 is 2.40 bits per heavy atom. The molecule has 0 aliphatic carbocycles. The number of rotatable bonds is 5. The molecule has 0 saturated heterocycles. The molecule has 0 bridgehead atoms. The summed E-state index contributed by atoms with van der Waals surface area (Å²) >= 11 is 10.4. The predicted molar refractivity (Wildman–Crippen MR) is 91.8 cm³/mol. The monoisotopic (exact) mass is 462 g/mol. The molecule has 0 N–H and O–H groups in total. The molecular weight excluding hydrogens is 452 g/mol. The van der Waals surface area contributed by atoms with Crippen LogP contribution in [-0.4, -0.2) is 7.11 Å². The van der Waals surface area contributed by atoms with Crippen molar-refractivity contribution in [3.05, 3.63) is 56.5 Å². The van der Waals surface area contributed by atoms with Crippen LogP contribution in [0.3, 0.4) is 0 Å². The van der Waals surface area contributed by atoms with Crippen LogP contribution in [-0.2, 0) is 11.9 Å². The number of halogens is 3. The van der Waals surface area contributed by atoms with Crippen molar-refractivity contribution in [2.45, 2.75) is 11.9 Å². The molecule has 0 aromatic heterocycles. The smallest absolute Gasteiger partial charge is 0.134 e. The van der Waals surface area contributed by atoms with Crippen LogP contribution in [0.25, 0.3) is 0 Å². The molecule has 0 unspecified atom stereocenters. The molecule has 0 atom stereocenters. The van der Waals surface area contributed by atoms with E-state index in [-0.39, 0.29) is 0 Å². The van der Waals surface area contributed by atoms with Gasteiger partial charge in [0.1, 0.15) is 18.1 Å². The zero-order valence-corrected chi connectivity index (χ0v) is 15.6. The first-order chi connectivity index (χ1) is 9.63. The molecule has 106 valence electrons. The molecule has 0 radical (unpaired) electrons. The Kier molecular flexibility index (Phi) is 5.93. The van der Waals surface area contributed by atoms with Crippen LogP contribution in [0.1, 0.15) is 11.1 Å². The highest BCUT2D eigenvalue weighted by molar-refractivity contribution is 9.11. The summed E-state index contributed by atoms with van der Waals surface area (Å²) in [6, 6.07) is 11.9. The average Bonchev–Trinajstić information content (AvgIpc) is 2.46. The molecule has 0 aliphatic rings. The summed E-state index contributed by atoms with van der Waals surface area (Å²) in [4.78, 5) is 0. The zero-order valence-electron chi connectivity index (χ0n) is 10.8. The standard InChI is InChI=1S/C15H13Br3O2/c1-19-14-5-3-12(17)7-11(14)9-20-15-4-2-10(8-16)6-13(15)18/h2-7H,8-9H2,1H3. The van der Waals surface area contributed by atoms with Crippen LogP contribution >= 0.6 is 47.8 Å². The highest BCUT2D eigenvalue weighted by Crippen LogP contribution is 2.29. The van der Waals surface area contributed by atoms with Gasteiger partial charge in [0.15, 0.2) is 0 Å². The van der Waals surface area contributed by atoms with Crippen molar-refractivity contribution in [1.29, 1.82) is 0 Å². The largest absolute Gasteiger partial charge is 0.496 e. The van der Waals surface area contributed by atoms with E-state index in [0.717, 1.165) is 31.3 Å². The third kappa shape index (κ3) is 3.99. The first-order valence-electron chi connectivity index (χ1n) is 5.93. The summed E-state index contributed by atoms with van der Waals surface area (Å²) in [6.45, 7) is 0.453. The number of ether oxygens (including phenoxy) is 2. The van der Waals surface area contributed by atoms with Gasteiger partial charge in [-0.1, -0.05) is 37.9 Å². The third-order valence-electron chi connectivity index (χ3n) is 2.78. The van der Waals surface area contributed by atoms with Crippen molar-refractivity contribution < 1.29 is 9.47 Å². The number of hydrogen-bond acceptors (Lipinski definition) is 2. The SMILES string of the molecule is COc1ccc(Br)cc1COc1ccc(CBr)cc1Br. The molecule has 2 aromatic carbocycles. The minimum Gasteiger partial charge on any atom is -0.496 e. The first kappa shape index (κ1) is 15.9. The molecule has 2 rings (SSSR count). The van der Waals surface area contributed by atoms with Gasteiger partial charge in [0.05, 0.1) is 11.6 Å². The molecule has 0 spiro atoms. The van der Waals surface area contributed by atoms with E-state index in [0.29, 0.717) is 6.61 Å². The summed E-state index contributed by atoms with van der Waals surface area (Å²) in [6.07, 6.45) is 0. The Bertz CT molecular complexity index is 600. The minimum atomic E-state index is 0.453. The van der Waals surface area contributed by atoms with E-state index in [1.807, 2.05) is 36.4 Å². The van der Waals surface area contributed by atoms with Crippen molar-refractivity contribution >= 4 is 47.8 Å². The molecule has 5 heteroatoms. The average molecular weight is 465 g/mol. The van der Waals surface area contributed by atoms with Gasteiger partial charge in [-0.25, -0.2) is 0 Å². The maximum Gasteiger partial charge on any atom is 0.134 e. The van der Waals surface area contributed by atoms with Gasteiger partial charge in [-0.2, -0.15) is 0 Å². The van der Waals surface area contributed by atoms with E-state index in [9.17, 15) is 0 Å². The second kappa shape index (κ2) is 7.48. The summed E-state index contributed by atoms with van der Waals surface area (Å²) in [5.74, 6) is 1.64. The Balaban J connectivity index is 2.14. The Labute approximate surface area is 143 Å². The quantitative estimate of drug-likeness (QED) is 0.529. The maximum atomic E-state index is 5.86. The van der Waals surface area contributed by atoms with Gasteiger partial charge in [0, 0.05) is 15.4 Å². The fourth-order valence-corrected chi connectivity index (χ4v) is 3.06. The lowest BCUT2D eigenvalue weighted by Gasteiger charge is -2.12. The predicted octanol–water partition coefficient (Wildman–Crippen LogP) is 5.69. The van der Waals surface area contributed by atoms with Crippen molar-refractivity contribution in [3.8, 4) is 11.5 Å². The highest BCUT2D eigenvalue weighted by atomic mass is 79.9. The minimum absolute atomic E-state index is 0.453. The van der Waals surface area contributed by atoms with E-state index in [1.165, 1.54) is 5.56 Å². The van der Waals surface area contributed by atoms with E-state index in [4.69, 9.17) is 9.47 Å². The second-order valence-electron chi connectivity index (χ2n) is 4.14. The first-order valence-corrected chi connectivity index (χ1v) is 8.64. The van der Waals surface area contributed by atoms with Gasteiger partial charge in [0.25, 0.3) is 0 Å². The Hall–Kier alpha value is -0.520. The topological polar surface area (TPSA) is 18.5 Å². The van der Waals surface area contributed by atoms with Crippen LogP contribution < -0.4 is 9.47 Å².